The molecule has 2 heterocycles. The number of rotatable bonds is 6. The summed E-state index contributed by atoms with van der Waals surface area (Å²) < 4.78 is 4.94. The molecule has 4 aromatic rings. The molecule has 0 unspecified atom stereocenters. The molecule has 2 N–H and O–H groups in total. The number of fused-ring (bicyclic) bond motifs is 2. The molecular formula is C40H55ClN6O2. The number of amides is 2. The number of carbonyl (C=O) groups is 1. The van der Waals surface area contributed by atoms with Gasteiger partial charge in [-0.15, -0.1) is 12.4 Å². The van der Waals surface area contributed by atoms with Crippen LogP contribution in [-0.2, 0) is 4.74 Å². The van der Waals surface area contributed by atoms with Crippen LogP contribution in [0, 0.1) is 11.5 Å². The molecule has 2 fully saturated rings. The Labute approximate surface area is 299 Å². The third-order valence-corrected chi connectivity index (χ3v) is 9.80. The van der Waals surface area contributed by atoms with Gasteiger partial charge in [0.1, 0.15) is 6.10 Å². The van der Waals surface area contributed by atoms with E-state index in [1.807, 2.05) is 61.3 Å². The molecule has 0 radical (unpaired) electrons. The van der Waals surface area contributed by atoms with Crippen LogP contribution >= 0.6 is 12.4 Å². The van der Waals surface area contributed by atoms with Crippen LogP contribution in [0.4, 0.5) is 4.79 Å². The highest BCUT2D eigenvalue weighted by atomic mass is 35.5. The molecule has 2 amide bonds. The third-order valence-electron chi connectivity index (χ3n) is 9.80. The number of nitrogens with zero attached hydrogens (tertiary/aromatic N) is 4. The predicted octanol–water partition coefficient (Wildman–Crippen LogP) is 7.76. The second-order valence-electron chi connectivity index (χ2n) is 13.2. The summed E-state index contributed by atoms with van der Waals surface area (Å²) in [7, 11) is 8.29. The highest BCUT2D eigenvalue weighted by molar-refractivity contribution is 5.87. The van der Waals surface area contributed by atoms with E-state index in [1.54, 1.807) is 6.26 Å². The summed E-state index contributed by atoms with van der Waals surface area (Å²) in [5.41, 5.74) is 2.22. The van der Waals surface area contributed by atoms with E-state index in [-0.39, 0.29) is 30.6 Å². The molecule has 0 bridgehead atoms. The molecule has 0 spiro atoms. The minimum atomic E-state index is -0.193. The molecule has 264 valence electrons. The number of piperidine rings is 2. The molecule has 9 heteroatoms. The molecule has 2 saturated heterocycles. The average Bonchev–Trinajstić information content (AvgIpc) is 3.12. The highest BCUT2D eigenvalue weighted by Crippen LogP contribution is 2.26. The van der Waals surface area contributed by atoms with E-state index < -0.39 is 0 Å². The van der Waals surface area contributed by atoms with Gasteiger partial charge in [-0.2, -0.15) is 5.26 Å². The van der Waals surface area contributed by atoms with Gasteiger partial charge in [0.05, 0.1) is 6.04 Å². The summed E-state index contributed by atoms with van der Waals surface area (Å²) in [5.74, 6) is 0. The van der Waals surface area contributed by atoms with E-state index in [1.165, 1.54) is 47.7 Å². The van der Waals surface area contributed by atoms with Gasteiger partial charge in [0.2, 0.25) is 0 Å². The zero-order valence-electron chi connectivity index (χ0n) is 30.1. The Morgan fingerprint density at radius 2 is 1.27 bits per heavy atom. The van der Waals surface area contributed by atoms with Gasteiger partial charge in [0.25, 0.3) is 6.26 Å². The van der Waals surface area contributed by atoms with Crippen molar-refractivity contribution < 1.29 is 9.53 Å². The van der Waals surface area contributed by atoms with Crippen LogP contribution in [-0.4, -0.2) is 87.2 Å². The molecule has 4 aromatic carbocycles. The maximum atomic E-state index is 12.6. The van der Waals surface area contributed by atoms with Crippen LogP contribution in [0.3, 0.4) is 0 Å². The monoisotopic (exact) mass is 686 g/mol. The first-order valence-corrected chi connectivity index (χ1v) is 17.3. The standard InChI is InChI=1S/C20H27N3O.C13H11NO.C7H16N2.ClH/c1-15(18-10-6-8-16-7-4-5-9-19(16)18)21-20(24)23(3)17-11-13-22(2)14-12-17;1-10(15-9-14)12-8-4-6-11-5-2-3-7-13(11)12;1-8-7-3-5-9(2)6-4-7;/h4-10,15,17H,11-14H2,1-3H3,(H,21,24);2-8,10H,1H3;7-8H,3-6H2,1-2H3;1H/t15-;10-;;/m00../s1. The summed E-state index contributed by atoms with van der Waals surface area (Å²) in [4.78, 5) is 19.2. The molecular weight excluding hydrogens is 632 g/mol. The van der Waals surface area contributed by atoms with Gasteiger partial charge in [0, 0.05) is 24.7 Å². The normalized spacial score (nSPS) is 16.8. The topological polar surface area (TPSA) is 83.9 Å². The van der Waals surface area contributed by atoms with Crippen LogP contribution in [0.15, 0.2) is 84.9 Å². The first-order valence-electron chi connectivity index (χ1n) is 17.3. The smallest absolute Gasteiger partial charge is 0.317 e. The van der Waals surface area contributed by atoms with E-state index in [0.29, 0.717) is 6.04 Å². The Bertz CT molecular complexity index is 1620. The van der Waals surface area contributed by atoms with Crippen molar-refractivity contribution in [2.75, 3.05) is 54.4 Å². The van der Waals surface area contributed by atoms with Gasteiger partial charge in [-0.25, -0.2) is 4.79 Å². The lowest BCUT2D eigenvalue weighted by molar-refractivity contribution is 0.146. The molecule has 2 atom stereocenters. The predicted molar refractivity (Wildman–Crippen MR) is 205 cm³/mol. The van der Waals surface area contributed by atoms with Crippen LogP contribution < -0.4 is 10.6 Å². The summed E-state index contributed by atoms with van der Waals surface area (Å²) in [6.07, 6.45) is 6.25. The summed E-state index contributed by atoms with van der Waals surface area (Å²) >= 11 is 0. The van der Waals surface area contributed by atoms with E-state index >= 15 is 0 Å². The van der Waals surface area contributed by atoms with Gasteiger partial charge in [-0.3, -0.25) is 0 Å². The zero-order valence-corrected chi connectivity index (χ0v) is 30.9. The van der Waals surface area contributed by atoms with Crippen LogP contribution in [0.2, 0.25) is 0 Å². The first kappa shape index (κ1) is 39.6. The van der Waals surface area contributed by atoms with Gasteiger partial charge in [-0.1, -0.05) is 84.9 Å². The number of halogens is 1. The van der Waals surface area contributed by atoms with Crippen molar-refractivity contribution >= 4 is 40.0 Å². The Balaban J connectivity index is 0.000000221. The number of ether oxygens (including phenoxy) is 1. The van der Waals surface area contributed by atoms with Crippen molar-refractivity contribution in [3.8, 4) is 6.26 Å². The molecule has 0 saturated carbocycles. The Morgan fingerprint density at radius 3 is 1.80 bits per heavy atom. The van der Waals surface area contributed by atoms with E-state index in [0.717, 1.165) is 42.9 Å². The van der Waals surface area contributed by atoms with E-state index in [2.05, 4.69) is 91.0 Å². The number of carbonyl (C=O) groups excluding carboxylic acids is 1. The maximum absolute atomic E-state index is 12.6. The van der Waals surface area contributed by atoms with Crippen LogP contribution in [0.5, 0.6) is 0 Å². The van der Waals surface area contributed by atoms with Gasteiger partial charge < -0.3 is 30.1 Å². The van der Waals surface area contributed by atoms with Gasteiger partial charge >= 0.3 is 6.03 Å². The number of hydrogen-bond acceptors (Lipinski definition) is 6. The van der Waals surface area contributed by atoms with E-state index in [9.17, 15) is 4.79 Å². The Morgan fingerprint density at radius 1 is 0.796 bits per heavy atom. The first-order chi connectivity index (χ1) is 23.2. The quantitative estimate of drug-likeness (QED) is 0.202. The van der Waals surface area contributed by atoms with Crippen molar-refractivity contribution in [3.05, 3.63) is 96.1 Å². The minimum absolute atomic E-state index is 0. The average molecular weight is 687 g/mol. The SMILES string of the molecule is CNC1CCN(C)CC1.C[C@H](NC(=O)N(C)C1CCN(C)CC1)c1cccc2ccccc12.C[C@H](OC#N)c1cccc2ccccc12.Cl. The fourth-order valence-corrected chi connectivity index (χ4v) is 6.59. The van der Waals surface area contributed by atoms with Gasteiger partial charge in [0.15, 0.2) is 0 Å². The second-order valence-corrected chi connectivity index (χ2v) is 13.2. The van der Waals surface area contributed by atoms with Crippen LogP contribution in [0.1, 0.15) is 62.8 Å². The van der Waals surface area contributed by atoms with Gasteiger partial charge in [-0.05, 0) is 114 Å². The molecule has 2 aliphatic rings. The zero-order chi connectivity index (χ0) is 34.5. The lowest BCUT2D eigenvalue weighted by Crippen LogP contribution is -2.48. The maximum Gasteiger partial charge on any atom is 0.317 e. The lowest BCUT2D eigenvalue weighted by Gasteiger charge is -2.35. The minimum Gasteiger partial charge on any atom is -0.420 e. The van der Waals surface area contributed by atoms with Crippen molar-refractivity contribution in [1.29, 1.82) is 5.26 Å². The molecule has 8 nitrogen and oxygen atoms in total. The summed E-state index contributed by atoms with van der Waals surface area (Å²) in [6, 6.07) is 29.8. The fourth-order valence-electron chi connectivity index (χ4n) is 6.59. The molecule has 6 rings (SSSR count). The largest absolute Gasteiger partial charge is 0.420 e. The Kier molecular flexibility index (Phi) is 16.1. The van der Waals surface area contributed by atoms with Crippen molar-refractivity contribution in [2.45, 2.75) is 63.8 Å². The van der Waals surface area contributed by atoms with Crippen molar-refractivity contribution in [3.63, 3.8) is 0 Å². The number of benzene rings is 4. The highest BCUT2D eigenvalue weighted by Gasteiger charge is 2.25. The third kappa shape index (κ3) is 11.3. The summed E-state index contributed by atoms with van der Waals surface area (Å²) in [5, 5.41) is 19.7. The number of likely N-dealkylation sites (tertiary alicyclic amines) is 2. The molecule has 0 aromatic heterocycles. The van der Waals surface area contributed by atoms with Crippen molar-refractivity contribution in [1.82, 2.24) is 25.3 Å². The van der Waals surface area contributed by atoms with Crippen molar-refractivity contribution in [2.24, 2.45) is 0 Å². The number of hydrogen-bond donors (Lipinski definition) is 2. The summed E-state index contributed by atoms with van der Waals surface area (Å²) in [6.45, 7) is 8.56. The molecule has 2 aliphatic heterocycles. The lowest BCUT2D eigenvalue weighted by atomic mass is 10.00. The molecule has 49 heavy (non-hydrogen) atoms. The number of nitriles is 1. The Hall–Kier alpha value is -3.87. The van der Waals surface area contributed by atoms with E-state index in [4.69, 9.17) is 10.00 Å². The number of nitrogens with one attached hydrogen (secondary N) is 2. The fraction of sp³-hybridized carbons (Fsp3) is 0.450. The second kappa shape index (κ2) is 20.0. The van der Waals surface area contributed by atoms with Crippen LogP contribution in [0.25, 0.3) is 21.5 Å². The molecule has 0 aliphatic carbocycles. The number of urea groups is 1.